The maximum absolute atomic E-state index is 5.90. The van der Waals surface area contributed by atoms with E-state index in [4.69, 9.17) is 20.9 Å². The Morgan fingerprint density at radius 3 is 3.15 bits per heavy atom. The highest BCUT2D eigenvalue weighted by Crippen LogP contribution is 2.25. The summed E-state index contributed by atoms with van der Waals surface area (Å²) in [5.74, 6) is 0. The number of nitrogens with zero attached hydrogens (tertiary/aromatic N) is 1. The van der Waals surface area contributed by atoms with E-state index in [1.54, 1.807) is 13.2 Å². The van der Waals surface area contributed by atoms with Gasteiger partial charge in [0.25, 0.3) is 0 Å². The Morgan fingerprint density at radius 1 is 1.54 bits per heavy atom. The highest BCUT2D eigenvalue weighted by molar-refractivity contribution is 6.34. The molecule has 0 aliphatic carbocycles. The van der Waals surface area contributed by atoms with Crippen LogP contribution in [0.5, 0.6) is 0 Å². The molecule has 0 N–H and O–H groups in total. The SMILES string of the molecule is COCc1noc2c(Cl)cccc12. The summed E-state index contributed by atoms with van der Waals surface area (Å²) in [6, 6.07) is 5.54. The first-order chi connectivity index (χ1) is 6.33. The third-order valence-corrected chi connectivity index (χ3v) is 2.10. The third kappa shape index (κ3) is 1.41. The first kappa shape index (κ1) is 8.53. The van der Waals surface area contributed by atoms with Crippen LogP contribution in [0.2, 0.25) is 5.02 Å². The Morgan fingerprint density at radius 2 is 2.38 bits per heavy atom. The molecule has 0 atom stereocenters. The molecule has 4 heteroatoms. The quantitative estimate of drug-likeness (QED) is 0.743. The number of para-hydroxylation sites is 1. The van der Waals surface area contributed by atoms with Gasteiger partial charge in [-0.3, -0.25) is 0 Å². The van der Waals surface area contributed by atoms with E-state index < -0.39 is 0 Å². The topological polar surface area (TPSA) is 35.3 Å². The van der Waals surface area contributed by atoms with Gasteiger partial charge in [-0.15, -0.1) is 0 Å². The average molecular weight is 198 g/mol. The molecule has 1 aromatic carbocycles. The summed E-state index contributed by atoms with van der Waals surface area (Å²) in [5.41, 5.74) is 1.40. The summed E-state index contributed by atoms with van der Waals surface area (Å²) in [6.07, 6.45) is 0. The lowest BCUT2D eigenvalue weighted by atomic mass is 10.2. The second-order valence-corrected chi connectivity index (χ2v) is 3.09. The van der Waals surface area contributed by atoms with Crippen molar-refractivity contribution in [2.45, 2.75) is 6.61 Å². The van der Waals surface area contributed by atoms with E-state index >= 15 is 0 Å². The molecular weight excluding hydrogens is 190 g/mol. The molecule has 0 amide bonds. The first-order valence-corrected chi connectivity index (χ1v) is 4.22. The van der Waals surface area contributed by atoms with E-state index in [0.717, 1.165) is 11.1 Å². The zero-order chi connectivity index (χ0) is 9.26. The van der Waals surface area contributed by atoms with Gasteiger partial charge in [0.2, 0.25) is 0 Å². The predicted octanol–water partition coefficient (Wildman–Crippen LogP) is 2.63. The van der Waals surface area contributed by atoms with Crippen LogP contribution in [0, 0.1) is 0 Å². The van der Waals surface area contributed by atoms with Crippen molar-refractivity contribution in [3.8, 4) is 0 Å². The van der Waals surface area contributed by atoms with Crippen LogP contribution in [0.15, 0.2) is 22.7 Å². The third-order valence-electron chi connectivity index (χ3n) is 1.81. The fourth-order valence-corrected chi connectivity index (χ4v) is 1.43. The van der Waals surface area contributed by atoms with E-state index in [1.165, 1.54) is 0 Å². The normalized spacial score (nSPS) is 10.9. The molecule has 0 spiro atoms. The fourth-order valence-electron chi connectivity index (χ4n) is 1.22. The van der Waals surface area contributed by atoms with E-state index in [2.05, 4.69) is 5.16 Å². The van der Waals surface area contributed by atoms with Crippen molar-refractivity contribution in [2.75, 3.05) is 7.11 Å². The van der Waals surface area contributed by atoms with Gasteiger partial charge in [-0.2, -0.15) is 0 Å². The molecular formula is C9H8ClNO2. The Balaban J connectivity index is 2.61. The van der Waals surface area contributed by atoms with Gasteiger partial charge < -0.3 is 9.26 Å². The van der Waals surface area contributed by atoms with E-state index in [0.29, 0.717) is 17.2 Å². The Kier molecular flexibility index (Phi) is 2.20. The summed E-state index contributed by atoms with van der Waals surface area (Å²) >= 11 is 5.90. The minimum atomic E-state index is 0.438. The summed E-state index contributed by atoms with van der Waals surface area (Å²) < 4.78 is 10.0. The van der Waals surface area contributed by atoms with Gasteiger partial charge in [-0.25, -0.2) is 0 Å². The van der Waals surface area contributed by atoms with E-state index in [-0.39, 0.29) is 0 Å². The summed E-state index contributed by atoms with van der Waals surface area (Å²) in [4.78, 5) is 0. The van der Waals surface area contributed by atoms with Crippen LogP contribution in [0.25, 0.3) is 11.0 Å². The number of methoxy groups -OCH3 is 1. The zero-order valence-corrected chi connectivity index (χ0v) is 7.84. The van der Waals surface area contributed by atoms with Gasteiger partial charge >= 0.3 is 0 Å². The molecule has 2 aromatic rings. The molecule has 0 saturated heterocycles. The molecule has 0 saturated carbocycles. The number of hydrogen-bond donors (Lipinski definition) is 0. The molecule has 2 rings (SSSR count). The van der Waals surface area contributed by atoms with Crippen LogP contribution in [0.1, 0.15) is 5.69 Å². The summed E-state index contributed by atoms with van der Waals surface area (Å²) in [7, 11) is 1.62. The first-order valence-electron chi connectivity index (χ1n) is 3.84. The number of aromatic nitrogens is 1. The largest absolute Gasteiger partial charge is 0.378 e. The van der Waals surface area contributed by atoms with Crippen molar-refractivity contribution in [1.82, 2.24) is 5.16 Å². The maximum atomic E-state index is 5.90. The lowest BCUT2D eigenvalue weighted by Gasteiger charge is -1.92. The van der Waals surface area contributed by atoms with Gasteiger partial charge in [-0.05, 0) is 12.1 Å². The molecule has 0 fully saturated rings. The standard InChI is InChI=1S/C9H8ClNO2/c1-12-5-8-6-3-2-4-7(10)9(6)13-11-8/h2-4H,5H2,1H3. The van der Waals surface area contributed by atoms with Crippen molar-refractivity contribution in [3.05, 3.63) is 28.9 Å². The van der Waals surface area contributed by atoms with Crippen molar-refractivity contribution in [2.24, 2.45) is 0 Å². The van der Waals surface area contributed by atoms with Gasteiger partial charge in [0.05, 0.1) is 11.6 Å². The van der Waals surface area contributed by atoms with Crippen LogP contribution in [0.4, 0.5) is 0 Å². The monoisotopic (exact) mass is 197 g/mol. The minimum absolute atomic E-state index is 0.438. The van der Waals surface area contributed by atoms with Crippen LogP contribution in [0.3, 0.4) is 0 Å². The van der Waals surface area contributed by atoms with Gasteiger partial charge in [0, 0.05) is 12.5 Å². The van der Waals surface area contributed by atoms with Crippen LogP contribution in [-0.4, -0.2) is 12.3 Å². The fraction of sp³-hybridized carbons (Fsp3) is 0.222. The number of hydrogen-bond acceptors (Lipinski definition) is 3. The molecule has 0 aliphatic heterocycles. The van der Waals surface area contributed by atoms with E-state index in [9.17, 15) is 0 Å². The Bertz CT molecular complexity index is 424. The summed E-state index contributed by atoms with van der Waals surface area (Å²) in [5, 5.41) is 5.35. The lowest BCUT2D eigenvalue weighted by Crippen LogP contribution is -1.86. The molecule has 0 unspecified atom stereocenters. The summed E-state index contributed by atoms with van der Waals surface area (Å²) in [6.45, 7) is 0.438. The second kappa shape index (κ2) is 3.36. The molecule has 0 bridgehead atoms. The molecule has 1 aromatic heterocycles. The molecule has 0 radical (unpaired) electrons. The molecule has 3 nitrogen and oxygen atoms in total. The zero-order valence-electron chi connectivity index (χ0n) is 7.08. The van der Waals surface area contributed by atoms with Crippen molar-refractivity contribution in [3.63, 3.8) is 0 Å². The molecule has 1 heterocycles. The van der Waals surface area contributed by atoms with Gasteiger partial charge in [0.1, 0.15) is 5.69 Å². The predicted molar refractivity (Wildman–Crippen MR) is 49.7 cm³/mol. The smallest absolute Gasteiger partial charge is 0.185 e. The van der Waals surface area contributed by atoms with Crippen molar-refractivity contribution < 1.29 is 9.26 Å². The minimum Gasteiger partial charge on any atom is -0.378 e. The van der Waals surface area contributed by atoms with Crippen molar-refractivity contribution >= 4 is 22.6 Å². The molecule has 13 heavy (non-hydrogen) atoms. The Labute approximate surface area is 80.2 Å². The Hall–Kier alpha value is -1.06. The van der Waals surface area contributed by atoms with Crippen LogP contribution >= 0.6 is 11.6 Å². The highest BCUT2D eigenvalue weighted by atomic mass is 35.5. The highest BCUT2D eigenvalue weighted by Gasteiger charge is 2.09. The van der Waals surface area contributed by atoms with E-state index in [1.807, 2.05) is 12.1 Å². The lowest BCUT2D eigenvalue weighted by molar-refractivity contribution is 0.178. The number of rotatable bonds is 2. The van der Waals surface area contributed by atoms with Crippen molar-refractivity contribution in [1.29, 1.82) is 0 Å². The second-order valence-electron chi connectivity index (χ2n) is 2.68. The molecule has 0 aliphatic rings. The van der Waals surface area contributed by atoms with Gasteiger partial charge in [0.15, 0.2) is 5.58 Å². The van der Waals surface area contributed by atoms with Crippen LogP contribution < -0.4 is 0 Å². The number of fused-ring (bicyclic) bond motifs is 1. The number of ether oxygens (including phenoxy) is 1. The number of benzene rings is 1. The number of halogens is 1. The van der Waals surface area contributed by atoms with Gasteiger partial charge in [-0.1, -0.05) is 22.8 Å². The van der Waals surface area contributed by atoms with Crippen LogP contribution in [-0.2, 0) is 11.3 Å². The maximum Gasteiger partial charge on any atom is 0.185 e. The molecule has 68 valence electrons. The average Bonchev–Trinajstić information content (AvgIpc) is 2.51.